The number of carbonyl (C=O) groups excluding carboxylic acids is 1. The molecule has 3 heterocycles. The molecule has 1 aromatic heterocycles. The number of aryl methyl sites for hydroxylation is 1. The van der Waals surface area contributed by atoms with Gasteiger partial charge in [-0.15, -0.1) is 0 Å². The first-order valence-electron chi connectivity index (χ1n) is 13.5. The summed E-state index contributed by atoms with van der Waals surface area (Å²) in [5.74, 6) is 0.547. The lowest BCUT2D eigenvalue weighted by Crippen LogP contribution is -2.57. The molecule has 1 aromatic carbocycles. The van der Waals surface area contributed by atoms with Gasteiger partial charge in [0.15, 0.2) is 14.1 Å². The number of hydrogen-bond donors (Lipinski definition) is 0. The fraction of sp³-hybridized carbons (Fsp3) is 0.633. The second kappa shape index (κ2) is 9.64. The molecule has 2 aliphatic heterocycles. The molecule has 1 fully saturated rings. The van der Waals surface area contributed by atoms with Gasteiger partial charge in [-0.2, -0.15) is 0 Å². The van der Waals surface area contributed by atoms with Crippen LogP contribution in [0.5, 0.6) is 0 Å². The van der Waals surface area contributed by atoms with E-state index in [2.05, 4.69) is 95.9 Å². The number of rotatable bonds is 8. The van der Waals surface area contributed by atoms with Crippen LogP contribution >= 0.6 is 0 Å². The number of nitrogens with zero attached hydrogens (tertiary/aromatic N) is 2. The van der Waals surface area contributed by atoms with Crippen molar-refractivity contribution in [3.8, 4) is 0 Å². The first kappa shape index (κ1) is 26.4. The number of fused-ring (bicyclic) bond motifs is 6. The number of Topliss-reactive ketones (excluding diaryl/α,β-unsaturated/α-hetero) is 1. The first-order valence-corrected chi connectivity index (χ1v) is 15.7. The zero-order chi connectivity index (χ0) is 25.8. The van der Waals surface area contributed by atoms with Gasteiger partial charge in [0, 0.05) is 42.2 Å². The molecule has 2 aliphatic rings. The van der Waals surface area contributed by atoms with Gasteiger partial charge >= 0.3 is 0 Å². The summed E-state index contributed by atoms with van der Waals surface area (Å²) >= 11 is 0. The van der Waals surface area contributed by atoms with Crippen LogP contribution in [-0.2, 0) is 22.7 Å². The Kier molecular flexibility index (Phi) is 7.27. The van der Waals surface area contributed by atoms with Crippen LogP contribution in [-0.4, -0.2) is 43.3 Å². The molecule has 35 heavy (non-hydrogen) atoms. The molecular formula is C30H46N2O2Si. The highest BCUT2D eigenvalue weighted by Crippen LogP contribution is 2.51. The average molecular weight is 495 g/mol. The number of likely N-dealkylation sites (N-methyl/N-ethyl adjacent to an activating group) is 1. The summed E-state index contributed by atoms with van der Waals surface area (Å²) in [6.45, 7) is 20.8. The van der Waals surface area contributed by atoms with Crippen molar-refractivity contribution >= 4 is 25.0 Å². The highest BCUT2D eigenvalue weighted by atomic mass is 28.4. The molecule has 0 spiro atoms. The van der Waals surface area contributed by atoms with E-state index in [-0.39, 0.29) is 17.6 Å². The number of hydrogen-bond acceptors (Lipinski definition) is 3. The van der Waals surface area contributed by atoms with Gasteiger partial charge in [0.25, 0.3) is 0 Å². The maximum Gasteiger partial charge on any atom is 0.200 e. The molecule has 192 valence electrons. The Morgan fingerprint density at radius 1 is 1.09 bits per heavy atom. The van der Waals surface area contributed by atoms with Crippen molar-refractivity contribution in [3.05, 3.63) is 47.7 Å². The minimum atomic E-state index is -2.01. The van der Waals surface area contributed by atoms with Crippen LogP contribution in [0.4, 0.5) is 0 Å². The van der Waals surface area contributed by atoms with Crippen molar-refractivity contribution in [2.24, 2.45) is 18.9 Å². The summed E-state index contributed by atoms with van der Waals surface area (Å²) in [5, 5.41) is 1.38. The monoisotopic (exact) mass is 494 g/mol. The standard InChI is InChI=1S/C30H46N2O2Si/c1-18(2)35(19(3)4,20(5)6)34-17-26-24(21(7)22(8)33)15-29-30-25(16-28(26)31(29)9)23-13-11-12-14-27(23)32(30)10/h11-14,18-20,24,26,28-29H,7,15-17H2,1-6,8-10H3/t24-,26+,28-,29-/m1/s1. The molecule has 0 aliphatic carbocycles. The van der Waals surface area contributed by atoms with E-state index in [1.807, 2.05) is 0 Å². The third kappa shape index (κ3) is 4.08. The summed E-state index contributed by atoms with van der Waals surface area (Å²) < 4.78 is 9.58. The lowest BCUT2D eigenvalue weighted by Gasteiger charge is -2.53. The summed E-state index contributed by atoms with van der Waals surface area (Å²) in [6.07, 6.45) is 1.93. The lowest BCUT2D eigenvalue weighted by atomic mass is 9.68. The molecule has 4 rings (SSSR count). The van der Waals surface area contributed by atoms with Crippen LogP contribution in [0, 0.1) is 11.8 Å². The van der Waals surface area contributed by atoms with Crippen LogP contribution in [0.25, 0.3) is 10.9 Å². The number of allylic oxidation sites excluding steroid dienone is 1. The van der Waals surface area contributed by atoms with E-state index < -0.39 is 8.32 Å². The van der Waals surface area contributed by atoms with Gasteiger partial charge in [0.1, 0.15) is 0 Å². The van der Waals surface area contributed by atoms with Crippen LogP contribution in [0.1, 0.15) is 72.2 Å². The normalized spacial score (nSPS) is 25.0. The fourth-order valence-electron chi connectivity index (χ4n) is 7.95. The summed E-state index contributed by atoms with van der Waals surface area (Å²) in [5.41, 5.74) is 6.63. The highest BCUT2D eigenvalue weighted by Gasteiger charge is 2.51. The molecule has 1 saturated heterocycles. The lowest BCUT2D eigenvalue weighted by molar-refractivity contribution is -0.115. The Labute approximate surface area is 213 Å². The summed E-state index contributed by atoms with van der Waals surface area (Å²) in [6, 6.07) is 9.44. The molecule has 0 N–H and O–H groups in total. The van der Waals surface area contributed by atoms with E-state index >= 15 is 0 Å². The number of ketones is 1. The number of benzene rings is 1. The zero-order valence-electron chi connectivity index (χ0n) is 23.4. The molecule has 0 radical (unpaired) electrons. The molecule has 0 saturated carbocycles. The number of carbonyl (C=O) groups is 1. The molecule has 0 amide bonds. The van der Waals surface area contributed by atoms with Gasteiger partial charge in [-0.25, -0.2) is 0 Å². The van der Waals surface area contributed by atoms with E-state index in [0.29, 0.717) is 28.7 Å². The van der Waals surface area contributed by atoms with Crippen LogP contribution in [0.15, 0.2) is 36.4 Å². The van der Waals surface area contributed by atoms with E-state index in [1.165, 1.54) is 22.2 Å². The van der Waals surface area contributed by atoms with Crippen molar-refractivity contribution in [1.82, 2.24) is 9.47 Å². The predicted molar refractivity (Wildman–Crippen MR) is 149 cm³/mol. The first-order chi connectivity index (χ1) is 16.4. The zero-order valence-corrected chi connectivity index (χ0v) is 24.4. The second-order valence-electron chi connectivity index (χ2n) is 12.1. The Bertz CT molecular complexity index is 1090. The highest BCUT2D eigenvalue weighted by molar-refractivity contribution is 6.77. The minimum Gasteiger partial charge on any atom is -0.416 e. The van der Waals surface area contributed by atoms with Gasteiger partial charge in [-0.1, -0.05) is 66.3 Å². The van der Waals surface area contributed by atoms with Crippen LogP contribution < -0.4 is 0 Å². The molecule has 4 atom stereocenters. The van der Waals surface area contributed by atoms with Gasteiger partial charge in [-0.05, 0) is 66.6 Å². The number of piperidine rings is 1. The quantitative estimate of drug-likeness (QED) is 0.291. The molecular weight excluding hydrogens is 448 g/mol. The fourth-order valence-corrected chi connectivity index (χ4v) is 13.4. The predicted octanol–water partition coefficient (Wildman–Crippen LogP) is 7.05. The minimum absolute atomic E-state index is 0.125. The van der Waals surface area contributed by atoms with Crippen molar-refractivity contribution in [1.29, 1.82) is 0 Å². The molecule has 2 aromatic rings. The number of para-hydroxylation sites is 1. The van der Waals surface area contributed by atoms with Crippen LogP contribution in [0.2, 0.25) is 16.6 Å². The third-order valence-corrected chi connectivity index (χ3v) is 15.7. The molecule has 0 unspecified atom stereocenters. The van der Waals surface area contributed by atoms with Gasteiger partial charge in [-0.3, -0.25) is 9.69 Å². The van der Waals surface area contributed by atoms with E-state index in [0.717, 1.165) is 25.0 Å². The molecule has 4 nitrogen and oxygen atoms in total. The summed E-state index contributed by atoms with van der Waals surface area (Å²) in [7, 11) is 2.47. The van der Waals surface area contributed by atoms with E-state index in [1.54, 1.807) is 6.92 Å². The largest absolute Gasteiger partial charge is 0.416 e. The topological polar surface area (TPSA) is 34.5 Å². The SMILES string of the molecule is C=C(C(C)=O)[C@H]1C[C@@H]2c3c(c4ccccc4n3C)C[C@H]([C@H]1CO[Si](C(C)C)(C(C)C)C(C)C)N2C. The maximum absolute atomic E-state index is 12.6. The van der Waals surface area contributed by atoms with Gasteiger partial charge < -0.3 is 8.99 Å². The van der Waals surface area contributed by atoms with Crippen LogP contribution in [0.3, 0.4) is 0 Å². The third-order valence-electron chi connectivity index (χ3n) is 9.63. The number of aromatic nitrogens is 1. The van der Waals surface area contributed by atoms with E-state index in [9.17, 15) is 4.79 Å². The Hall–Kier alpha value is -1.69. The maximum atomic E-state index is 12.6. The van der Waals surface area contributed by atoms with Crippen molar-refractivity contribution in [3.63, 3.8) is 0 Å². The van der Waals surface area contributed by atoms with Crippen molar-refractivity contribution in [2.75, 3.05) is 13.7 Å². The smallest absolute Gasteiger partial charge is 0.200 e. The van der Waals surface area contributed by atoms with E-state index in [4.69, 9.17) is 4.43 Å². The molecule has 5 heteroatoms. The summed E-state index contributed by atoms with van der Waals surface area (Å²) in [4.78, 5) is 15.2. The molecule has 2 bridgehead atoms. The van der Waals surface area contributed by atoms with Gasteiger partial charge in [0.2, 0.25) is 0 Å². The van der Waals surface area contributed by atoms with Gasteiger partial charge in [0.05, 0.1) is 6.04 Å². The Balaban J connectivity index is 1.77. The van der Waals surface area contributed by atoms with Crippen molar-refractivity contribution < 1.29 is 9.22 Å². The Morgan fingerprint density at radius 2 is 1.69 bits per heavy atom. The second-order valence-corrected chi connectivity index (χ2v) is 17.6. The average Bonchev–Trinajstić information content (AvgIpc) is 3.06. The van der Waals surface area contributed by atoms with Crippen molar-refractivity contribution in [2.45, 2.75) is 90.0 Å². The Morgan fingerprint density at radius 3 is 2.26 bits per heavy atom.